The quantitative estimate of drug-likeness (QED) is 0.570. The average Bonchev–Trinajstić information content (AvgIpc) is 3.29. The summed E-state index contributed by atoms with van der Waals surface area (Å²) in [5.74, 6) is -1.32. The fourth-order valence-electron chi connectivity index (χ4n) is 3.13. The monoisotopic (exact) mass is 429 g/mol. The van der Waals surface area contributed by atoms with Crippen LogP contribution in [-0.4, -0.2) is 46.5 Å². The average molecular weight is 429 g/mol. The third-order valence-corrected chi connectivity index (χ3v) is 4.62. The van der Waals surface area contributed by atoms with Gasteiger partial charge in [0, 0.05) is 24.8 Å². The molecule has 0 aliphatic heterocycles. The van der Waals surface area contributed by atoms with Gasteiger partial charge in [0.25, 0.3) is 5.91 Å². The molecule has 2 aromatic heterocycles. The van der Waals surface area contributed by atoms with Crippen LogP contribution < -0.4 is 10.6 Å². The van der Waals surface area contributed by atoms with E-state index in [0.29, 0.717) is 23.7 Å². The van der Waals surface area contributed by atoms with E-state index in [9.17, 15) is 14.0 Å². The van der Waals surface area contributed by atoms with Crippen molar-refractivity contribution in [2.45, 2.75) is 33.4 Å². The lowest BCUT2D eigenvalue weighted by Gasteiger charge is -2.13. The second-order valence-corrected chi connectivity index (χ2v) is 7.14. The first-order chi connectivity index (χ1) is 14.8. The van der Waals surface area contributed by atoms with E-state index in [-0.39, 0.29) is 35.5 Å². The summed E-state index contributed by atoms with van der Waals surface area (Å²) in [6, 6.07) is 7.31. The number of rotatable bonds is 8. The van der Waals surface area contributed by atoms with Gasteiger partial charge in [-0.25, -0.2) is 4.39 Å². The predicted octanol–water partition coefficient (Wildman–Crippen LogP) is 2.70. The molecule has 2 N–H and O–H groups in total. The summed E-state index contributed by atoms with van der Waals surface area (Å²) < 4.78 is 25.5. The maximum absolute atomic E-state index is 13.9. The Labute approximate surface area is 178 Å². The van der Waals surface area contributed by atoms with Gasteiger partial charge < -0.3 is 19.9 Å². The van der Waals surface area contributed by atoms with Crippen molar-refractivity contribution in [3.05, 3.63) is 53.3 Å². The van der Waals surface area contributed by atoms with Crippen LogP contribution in [0.2, 0.25) is 0 Å². The third-order valence-electron chi connectivity index (χ3n) is 4.62. The standard InChI is InChI=1S/C21H24FN5O4/c1-12(11-30-4)23-19(28)10-27-14(3)20(13(2)25-27)24-21(29)18-9-17(26-31-18)15-7-5-6-8-16(15)22/h5-9,12H,10-11H2,1-4H3,(H,23,28)(H,24,29). The lowest BCUT2D eigenvalue weighted by molar-refractivity contribution is -0.122. The Kier molecular flexibility index (Phi) is 6.81. The minimum Gasteiger partial charge on any atom is -0.383 e. The Bertz CT molecular complexity index is 1090. The zero-order valence-electron chi connectivity index (χ0n) is 17.7. The number of carbonyl (C=O) groups excluding carboxylic acids is 2. The summed E-state index contributed by atoms with van der Waals surface area (Å²) in [4.78, 5) is 24.8. The number of anilines is 1. The van der Waals surface area contributed by atoms with Crippen LogP contribution in [0.3, 0.4) is 0 Å². The first kappa shape index (κ1) is 22.2. The predicted molar refractivity (Wildman–Crippen MR) is 111 cm³/mol. The number of methoxy groups -OCH3 is 1. The molecule has 164 valence electrons. The number of nitrogens with one attached hydrogen (secondary N) is 2. The smallest absolute Gasteiger partial charge is 0.294 e. The molecule has 0 saturated carbocycles. The van der Waals surface area contributed by atoms with Gasteiger partial charge in [0.1, 0.15) is 18.1 Å². The molecule has 1 atom stereocenters. The van der Waals surface area contributed by atoms with Crippen molar-refractivity contribution >= 4 is 17.5 Å². The summed E-state index contributed by atoms with van der Waals surface area (Å²) in [5.41, 5.74) is 2.06. The molecule has 0 spiro atoms. The molecule has 2 heterocycles. The van der Waals surface area contributed by atoms with Crippen LogP contribution in [0.4, 0.5) is 10.1 Å². The van der Waals surface area contributed by atoms with E-state index in [1.54, 1.807) is 39.2 Å². The second-order valence-electron chi connectivity index (χ2n) is 7.14. The van der Waals surface area contributed by atoms with Crippen LogP contribution in [0.25, 0.3) is 11.3 Å². The highest BCUT2D eigenvalue weighted by molar-refractivity contribution is 6.03. The van der Waals surface area contributed by atoms with Crippen molar-refractivity contribution in [2.24, 2.45) is 0 Å². The number of carbonyl (C=O) groups is 2. The molecule has 31 heavy (non-hydrogen) atoms. The van der Waals surface area contributed by atoms with Gasteiger partial charge in [-0.15, -0.1) is 0 Å². The fraction of sp³-hybridized carbons (Fsp3) is 0.333. The van der Waals surface area contributed by atoms with E-state index >= 15 is 0 Å². The minimum absolute atomic E-state index is 0.00363. The van der Waals surface area contributed by atoms with Gasteiger partial charge in [-0.3, -0.25) is 14.3 Å². The number of aromatic nitrogens is 3. The minimum atomic E-state index is -0.556. The van der Waals surface area contributed by atoms with Crippen LogP contribution in [0, 0.1) is 19.7 Å². The fourth-order valence-corrected chi connectivity index (χ4v) is 3.13. The van der Waals surface area contributed by atoms with Crippen LogP contribution in [0.5, 0.6) is 0 Å². The SMILES string of the molecule is COCC(C)NC(=O)Cn1nc(C)c(NC(=O)c2cc(-c3ccccc3F)no2)c1C. The lowest BCUT2D eigenvalue weighted by Crippen LogP contribution is -2.38. The topological polar surface area (TPSA) is 111 Å². The molecule has 3 rings (SSSR count). The maximum atomic E-state index is 13.9. The first-order valence-electron chi connectivity index (χ1n) is 9.65. The van der Waals surface area contributed by atoms with Gasteiger partial charge in [-0.1, -0.05) is 17.3 Å². The Morgan fingerprint density at radius 1 is 1.29 bits per heavy atom. The molecule has 0 bridgehead atoms. The Balaban J connectivity index is 1.71. The van der Waals surface area contributed by atoms with Gasteiger partial charge in [-0.2, -0.15) is 5.10 Å². The normalized spacial score (nSPS) is 11.9. The number of amides is 2. The van der Waals surface area contributed by atoms with Gasteiger partial charge in [0.15, 0.2) is 0 Å². The molecule has 0 fully saturated rings. The zero-order valence-corrected chi connectivity index (χ0v) is 17.7. The van der Waals surface area contributed by atoms with E-state index in [4.69, 9.17) is 9.26 Å². The molecular formula is C21H24FN5O4. The number of aryl methyl sites for hydroxylation is 1. The van der Waals surface area contributed by atoms with E-state index in [1.807, 2.05) is 6.92 Å². The molecule has 10 heteroatoms. The maximum Gasteiger partial charge on any atom is 0.294 e. The summed E-state index contributed by atoms with van der Waals surface area (Å²) >= 11 is 0. The van der Waals surface area contributed by atoms with Crippen molar-refractivity contribution in [3.8, 4) is 11.3 Å². The molecule has 0 radical (unpaired) electrons. The summed E-state index contributed by atoms with van der Waals surface area (Å²) in [5, 5.41) is 13.6. The Morgan fingerprint density at radius 2 is 2.03 bits per heavy atom. The van der Waals surface area contributed by atoms with Crippen molar-refractivity contribution in [2.75, 3.05) is 19.0 Å². The number of benzene rings is 1. The Morgan fingerprint density at radius 3 is 2.74 bits per heavy atom. The molecule has 0 aliphatic carbocycles. The van der Waals surface area contributed by atoms with Crippen LogP contribution in [-0.2, 0) is 16.1 Å². The molecule has 0 aliphatic rings. The van der Waals surface area contributed by atoms with E-state index in [1.165, 1.54) is 16.8 Å². The zero-order chi connectivity index (χ0) is 22.5. The van der Waals surface area contributed by atoms with Crippen molar-refractivity contribution in [1.29, 1.82) is 0 Å². The molecule has 3 aromatic rings. The van der Waals surface area contributed by atoms with Crippen molar-refractivity contribution < 1.29 is 23.2 Å². The van der Waals surface area contributed by atoms with Crippen molar-refractivity contribution in [1.82, 2.24) is 20.3 Å². The molecular weight excluding hydrogens is 405 g/mol. The highest BCUT2D eigenvalue weighted by Crippen LogP contribution is 2.24. The molecule has 0 saturated heterocycles. The van der Waals surface area contributed by atoms with Crippen molar-refractivity contribution in [3.63, 3.8) is 0 Å². The van der Waals surface area contributed by atoms with Crippen LogP contribution in [0.1, 0.15) is 28.9 Å². The van der Waals surface area contributed by atoms with Gasteiger partial charge >= 0.3 is 0 Å². The van der Waals surface area contributed by atoms with E-state index < -0.39 is 11.7 Å². The van der Waals surface area contributed by atoms with Gasteiger partial charge in [0.2, 0.25) is 11.7 Å². The number of ether oxygens (including phenoxy) is 1. The molecule has 1 unspecified atom stereocenters. The molecule has 1 aromatic carbocycles. The number of halogens is 1. The Hall–Kier alpha value is -3.53. The molecule has 2 amide bonds. The van der Waals surface area contributed by atoms with Gasteiger partial charge in [-0.05, 0) is 32.9 Å². The largest absolute Gasteiger partial charge is 0.383 e. The number of nitrogens with zero attached hydrogens (tertiary/aromatic N) is 3. The van der Waals surface area contributed by atoms with Crippen LogP contribution >= 0.6 is 0 Å². The lowest BCUT2D eigenvalue weighted by atomic mass is 10.1. The molecule has 9 nitrogen and oxygen atoms in total. The van der Waals surface area contributed by atoms with E-state index in [2.05, 4.69) is 20.9 Å². The highest BCUT2D eigenvalue weighted by atomic mass is 19.1. The summed E-state index contributed by atoms with van der Waals surface area (Å²) in [7, 11) is 1.56. The second kappa shape index (κ2) is 9.52. The third kappa shape index (κ3) is 5.15. The first-order valence-corrected chi connectivity index (χ1v) is 9.65. The van der Waals surface area contributed by atoms with Gasteiger partial charge in [0.05, 0.1) is 23.7 Å². The highest BCUT2D eigenvalue weighted by Gasteiger charge is 2.21. The summed E-state index contributed by atoms with van der Waals surface area (Å²) in [6.07, 6.45) is 0. The van der Waals surface area contributed by atoms with Crippen LogP contribution in [0.15, 0.2) is 34.9 Å². The number of hydrogen-bond acceptors (Lipinski definition) is 6. The number of hydrogen-bond donors (Lipinski definition) is 2. The van der Waals surface area contributed by atoms with E-state index in [0.717, 1.165) is 0 Å². The summed E-state index contributed by atoms with van der Waals surface area (Å²) in [6.45, 7) is 5.69.